The fraction of sp³-hybridized carbons (Fsp3) is 0.286. The molecule has 3 rings (SSSR count). The highest BCUT2D eigenvalue weighted by molar-refractivity contribution is 7.99. The summed E-state index contributed by atoms with van der Waals surface area (Å²) in [5, 5.41) is 8.91. The predicted octanol–water partition coefficient (Wildman–Crippen LogP) is 1.19. The quantitative estimate of drug-likeness (QED) is 0.239. The van der Waals surface area contributed by atoms with E-state index in [9.17, 15) is 14.4 Å². The van der Waals surface area contributed by atoms with Crippen molar-refractivity contribution in [2.75, 3.05) is 32.3 Å². The number of hydrogen-bond donors (Lipinski definition) is 2. The molecule has 0 unspecified atom stereocenters. The zero-order valence-electron chi connectivity index (χ0n) is 18.2. The summed E-state index contributed by atoms with van der Waals surface area (Å²) in [6.45, 7) is 4.45. The summed E-state index contributed by atoms with van der Waals surface area (Å²) < 4.78 is 13.3. The van der Waals surface area contributed by atoms with Gasteiger partial charge in [0.05, 0.1) is 31.6 Å². The van der Waals surface area contributed by atoms with Gasteiger partial charge in [0, 0.05) is 13.7 Å². The first-order valence-electron chi connectivity index (χ1n) is 9.87. The second-order valence-electron chi connectivity index (χ2n) is 6.78. The number of nitrogen functional groups attached to an aromatic ring is 1. The fourth-order valence-electron chi connectivity index (χ4n) is 3.18. The van der Waals surface area contributed by atoms with Crippen LogP contribution in [0.1, 0.15) is 10.4 Å². The number of benzene rings is 1. The van der Waals surface area contributed by atoms with Crippen molar-refractivity contribution in [3.63, 3.8) is 0 Å². The second kappa shape index (κ2) is 10.8. The van der Waals surface area contributed by atoms with Gasteiger partial charge in [-0.05, 0) is 12.1 Å². The van der Waals surface area contributed by atoms with Crippen molar-refractivity contribution in [2.45, 2.75) is 18.2 Å². The van der Waals surface area contributed by atoms with E-state index < -0.39 is 17.0 Å². The molecule has 3 N–H and O–H groups in total. The first-order chi connectivity index (χ1) is 15.9. The molecule has 2 heterocycles. The van der Waals surface area contributed by atoms with Gasteiger partial charge in [-0.3, -0.25) is 23.7 Å². The Kier molecular flexibility index (Phi) is 7.85. The molecule has 3 aromatic rings. The van der Waals surface area contributed by atoms with E-state index in [1.807, 2.05) is 24.3 Å². The van der Waals surface area contributed by atoms with Crippen molar-refractivity contribution in [3.05, 3.63) is 63.3 Å². The molecule has 0 aliphatic heterocycles. The third-order valence-corrected chi connectivity index (χ3v) is 5.71. The Morgan fingerprint density at radius 2 is 2.00 bits per heavy atom. The summed E-state index contributed by atoms with van der Waals surface area (Å²) in [6, 6.07) is 7.37. The Labute approximate surface area is 193 Å². The SMILES string of the molecule is C=CCn1c(SCC(=O)c2c(N)n(CCOC)c(=O)[nH]c2=O)nnc1-c1ccccc1OC. The molecule has 174 valence electrons. The number of thioether (sulfide) groups is 1. The minimum Gasteiger partial charge on any atom is -0.496 e. The number of para-hydroxylation sites is 1. The molecular weight excluding hydrogens is 448 g/mol. The normalized spacial score (nSPS) is 10.8. The van der Waals surface area contributed by atoms with Gasteiger partial charge < -0.3 is 15.2 Å². The van der Waals surface area contributed by atoms with Crippen molar-refractivity contribution in [2.24, 2.45) is 0 Å². The molecule has 2 aromatic heterocycles. The molecule has 0 saturated carbocycles. The highest BCUT2D eigenvalue weighted by atomic mass is 32.2. The van der Waals surface area contributed by atoms with Crippen LogP contribution in [0.15, 0.2) is 51.7 Å². The van der Waals surface area contributed by atoms with Crippen molar-refractivity contribution in [1.29, 1.82) is 0 Å². The first kappa shape index (κ1) is 24.0. The number of ether oxygens (including phenoxy) is 2. The highest BCUT2D eigenvalue weighted by Crippen LogP contribution is 2.31. The molecule has 0 aliphatic rings. The zero-order chi connectivity index (χ0) is 24.0. The van der Waals surface area contributed by atoms with E-state index in [0.29, 0.717) is 23.3 Å². The molecule has 11 nitrogen and oxygen atoms in total. The molecule has 0 bridgehead atoms. The van der Waals surface area contributed by atoms with Gasteiger partial charge in [-0.1, -0.05) is 30.0 Å². The van der Waals surface area contributed by atoms with Crippen LogP contribution in [-0.4, -0.2) is 56.7 Å². The number of nitrogens with zero attached hydrogens (tertiary/aromatic N) is 4. The van der Waals surface area contributed by atoms with Crippen molar-refractivity contribution in [3.8, 4) is 17.1 Å². The minimum absolute atomic E-state index is 0.0985. The van der Waals surface area contributed by atoms with Crippen LogP contribution in [-0.2, 0) is 17.8 Å². The van der Waals surface area contributed by atoms with Crippen LogP contribution >= 0.6 is 11.8 Å². The Balaban J connectivity index is 1.90. The molecule has 0 radical (unpaired) electrons. The lowest BCUT2D eigenvalue weighted by atomic mass is 10.2. The van der Waals surface area contributed by atoms with Gasteiger partial charge in [0.1, 0.15) is 17.1 Å². The molecule has 12 heteroatoms. The number of hydrogen-bond acceptors (Lipinski definition) is 9. The summed E-state index contributed by atoms with van der Waals surface area (Å²) >= 11 is 1.10. The van der Waals surface area contributed by atoms with Crippen LogP contribution in [0.4, 0.5) is 5.82 Å². The third kappa shape index (κ3) is 5.07. The van der Waals surface area contributed by atoms with Crippen molar-refractivity contribution < 1.29 is 14.3 Å². The van der Waals surface area contributed by atoms with Crippen molar-refractivity contribution >= 4 is 23.4 Å². The summed E-state index contributed by atoms with van der Waals surface area (Å²) in [5.74, 6) is 0.288. The molecular formula is C21H24N6O5S. The van der Waals surface area contributed by atoms with E-state index in [-0.39, 0.29) is 30.3 Å². The molecule has 0 saturated heterocycles. The van der Waals surface area contributed by atoms with Gasteiger partial charge in [0.15, 0.2) is 16.8 Å². The summed E-state index contributed by atoms with van der Waals surface area (Å²) in [5.41, 5.74) is 4.90. The smallest absolute Gasteiger partial charge is 0.330 e. The van der Waals surface area contributed by atoms with Crippen LogP contribution in [0, 0.1) is 0 Å². The number of methoxy groups -OCH3 is 2. The van der Waals surface area contributed by atoms with Gasteiger partial charge in [-0.25, -0.2) is 4.79 Å². The van der Waals surface area contributed by atoms with Gasteiger partial charge in [-0.15, -0.1) is 16.8 Å². The standard InChI is InChI=1S/C21H24N6O5S/c1-4-9-27-18(13-7-5-6-8-15(13)32-3)24-25-21(27)33-12-14(28)16-17(22)26(10-11-31-2)20(30)23-19(16)29/h4-8H,1,9-12,22H2,2-3H3,(H,23,29,30). The predicted molar refractivity (Wildman–Crippen MR) is 125 cm³/mol. The number of anilines is 1. The summed E-state index contributed by atoms with van der Waals surface area (Å²) in [4.78, 5) is 39.3. The number of nitrogens with two attached hydrogens (primary N) is 1. The number of H-pyrrole nitrogens is 1. The Bertz CT molecular complexity index is 1280. The molecule has 0 aliphatic carbocycles. The van der Waals surface area contributed by atoms with E-state index >= 15 is 0 Å². The van der Waals surface area contributed by atoms with E-state index in [1.54, 1.807) is 17.8 Å². The maximum Gasteiger partial charge on any atom is 0.330 e. The molecule has 0 amide bonds. The fourth-order valence-corrected chi connectivity index (χ4v) is 4.00. The number of aromatic amines is 1. The topological polar surface area (TPSA) is 147 Å². The lowest BCUT2D eigenvalue weighted by Crippen LogP contribution is -2.37. The molecule has 1 aromatic carbocycles. The molecule has 0 fully saturated rings. The monoisotopic (exact) mass is 472 g/mol. The second-order valence-corrected chi connectivity index (χ2v) is 7.72. The maximum atomic E-state index is 12.9. The number of Topliss-reactive ketones (excluding diaryl/α,β-unsaturated/α-hetero) is 1. The average molecular weight is 473 g/mol. The van der Waals surface area contributed by atoms with E-state index in [0.717, 1.165) is 21.9 Å². The first-order valence-corrected chi connectivity index (χ1v) is 10.9. The molecule has 0 spiro atoms. The maximum absolute atomic E-state index is 12.9. The number of rotatable bonds is 11. The Morgan fingerprint density at radius 3 is 2.70 bits per heavy atom. The third-order valence-electron chi connectivity index (χ3n) is 4.75. The number of carbonyl (C=O) groups is 1. The Morgan fingerprint density at radius 1 is 1.24 bits per heavy atom. The van der Waals surface area contributed by atoms with E-state index in [1.165, 1.54) is 7.11 Å². The van der Waals surface area contributed by atoms with Crippen LogP contribution < -0.4 is 21.7 Å². The summed E-state index contributed by atoms with van der Waals surface area (Å²) in [7, 11) is 3.03. The average Bonchev–Trinajstić information content (AvgIpc) is 3.19. The van der Waals surface area contributed by atoms with Crippen LogP contribution in [0.5, 0.6) is 5.75 Å². The number of nitrogens with one attached hydrogen (secondary N) is 1. The summed E-state index contributed by atoms with van der Waals surface area (Å²) in [6.07, 6.45) is 1.68. The number of ketones is 1. The van der Waals surface area contributed by atoms with Gasteiger partial charge in [-0.2, -0.15) is 0 Å². The van der Waals surface area contributed by atoms with Crippen LogP contribution in [0.3, 0.4) is 0 Å². The van der Waals surface area contributed by atoms with Crippen LogP contribution in [0.2, 0.25) is 0 Å². The van der Waals surface area contributed by atoms with E-state index in [4.69, 9.17) is 15.2 Å². The molecule has 33 heavy (non-hydrogen) atoms. The minimum atomic E-state index is -0.834. The number of carbonyl (C=O) groups excluding carboxylic acids is 1. The lowest BCUT2D eigenvalue weighted by molar-refractivity contribution is 0.102. The van der Waals surface area contributed by atoms with Gasteiger partial charge >= 0.3 is 5.69 Å². The van der Waals surface area contributed by atoms with Crippen molar-refractivity contribution in [1.82, 2.24) is 24.3 Å². The molecule has 0 atom stereocenters. The van der Waals surface area contributed by atoms with Gasteiger partial charge in [0.25, 0.3) is 5.56 Å². The highest BCUT2D eigenvalue weighted by Gasteiger charge is 2.22. The largest absolute Gasteiger partial charge is 0.496 e. The van der Waals surface area contributed by atoms with E-state index in [2.05, 4.69) is 21.8 Å². The zero-order valence-corrected chi connectivity index (χ0v) is 19.1. The van der Waals surface area contributed by atoms with Gasteiger partial charge in [0.2, 0.25) is 0 Å². The lowest BCUT2D eigenvalue weighted by Gasteiger charge is -2.12. The Hall–Kier alpha value is -3.64. The number of allylic oxidation sites excluding steroid dienone is 1. The van der Waals surface area contributed by atoms with Crippen LogP contribution in [0.25, 0.3) is 11.4 Å². The number of aromatic nitrogens is 5.